The highest BCUT2D eigenvalue weighted by Crippen LogP contribution is 2.29. The van der Waals surface area contributed by atoms with Crippen LogP contribution in [0.2, 0.25) is 0 Å². The highest BCUT2D eigenvalue weighted by atomic mass is 79.9. The van der Waals surface area contributed by atoms with Gasteiger partial charge in [-0.1, -0.05) is 59.5 Å². The van der Waals surface area contributed by atoms with E-state index in [-0.39, 0.29) is 11.9 Å². The Labute approximate surface area is 167 Å². The third-order valence-electron chi connectivity index (χ3n) is 4.96. The summed E-state index contributed by atoms with van der Waals surface area (Å²) in [5.74, 6) is 1.08. The number of benzene rings is 2. The van der Waals surface area contributed by atoms with Gasteiger partial charge in [0, 0.05) is 21.6 Å². The van der Waals surface area contributed by atoms with E-state index in [1.165, 1.54) is 19.3 Å². The van der Waals surface area contributed by atoms with Crippen LogP contribution in [0.5, 0.6) is 0 Å². The summed E-state index contributed by atoms with van der Waals surface area (Å²) >= 11 is 3.47. The predicted molar refractivity (Wildman–Crippen MR) is 109 cm³/mol. The fourth-order valence-corrected chi connectivity index (χ4v) is 3.95. The molecule has 1 saturated carbocycles. The first-order chi connectivity index (χ1) is 13.2. The van der Waals surface area contributed by atoms with Gasteiger partial charge in [0.2, 0.25) is 5.89 Å². The smallest absolute Gasteiger partial charge is 0.252 e. The molecule has 0 radical (unpaired) electrons. The molecule has 1 aromatic heterocycles. The Balaban J connectivity index is 1.60. The first-order valence-electron chi connectivity index (χ1n) is 9.33. The predicted octanol–water partition coefficient (Wildman–Crippen LogP) is 5.83. The lowest BCUT2D eigenvalue weighted by Crippen LogP contribution is -2.36. The van der Waals surface area contributed by atoms with Crippen molar-refractivity contribution in [1.29, 1.82) is 0 Å². The van der Waals surface area contributed by atoms with Crippen molar-refractivity contribution in [2.24, 2.45) is 0 Å². The number of nitrogens with zero attached hydrogens (tertiary/aromatic N) is 1. The van der Waals surface area contributed by atoms with E-state index in [1.807, 2.05) is 48.5 Å². The molecule has 138 valence electrons. The number of carbonyl (C=O) groups is 1. The van der Waals surface area contributed by atoms with Gasteiger partial charge in [-0.05, 0) is 37.1 Å². The lowest BCUT2D eigenvalue weighted by atomic mass is 9.95. The van der Waals surface area contributed by atoms with Gasteiger partial charge in [0.25, 0.3) is 5.91 Å². The number of hydrogen-bond donors (Lipinski definition) is 1. The van der Waals surface area contributed by atoms with Crippen LogP contribution in [0.4, 0.5) is 0 Å². The van der Waals surface area contributed by atoms with Gasteiger partial charge in [-0.15, -0.1) is 0 Å². The Bertz CT molecular complexity index is 945. The summed E-state index contributed by atoms with van der Waals surface area (Å²) in [7, 11) is 0. The molecule has 0 bridgehead atoms. The highest BCUT2D eigenvalue weighted by molar-refractivity contribution is 9.10. The van der Waals surface area contributed by atoms with E-state index in [1.54, 1.807) is 6.20 Å². The third-order valence-corrected chi connectivity index (χ3v) is 5.45. The van der Waals surface area contributed by atoms with Crippen molar-refractivity contribution < 1.29 is 9.21 Å². The number of halogens is 1. The average molecular weight is 425 g/mol. The lowest BCUT2D eigenvalue weighted by Gasteiger charge is -2.23. The zero-order chi connectivity index (χ0) is 18.6. The van der Waals surface area contributed by atoms with Crippen molar-refractivity contribution in [2.45, 2.75) is 38.1 Å². The van der Waals surface area contributed by atoms with E-state index < -0.39 is 0 Å². The molecule has 0 atom stereocenters. The van der Waals surface area contributed by atoms with Gasteiger partial charge in [0.05, 0.1) is 11.8 Å². The van der Waals surface area contributed by atoms with Crippen molar-refractivity contribution in [3.63, 3.8) is 0 Å². The molecule has 0 unspecified atom stereocenters. The van der Waals surface area contributed by atoms with E-state index in [9.17, 15) is 4.79 Å². The minimum Gasteiger partial charge on any atom is -0.436 e. The van der Waals surface area contributed by atoms with Crippen LogP contribution in [0.15, 0.2) is 63.6 Å². The van der Waals surface area contributed by atoms with E-state index in [4.69, 9.17) is 4.42 Å². The molecule has 0 spiro atoms. The monoisotopic (exact) mass is 424 g/mol. The second kappa shape index (κ2) is 8.09. The van der Waals surface area contributed by atoms with E-state index in [0.717, 1.165) is 22.9 Å². The highest BCUT2D eigenvalue weighted by Gasteiger charge is 2.20. The van der Waals surface area contributed by atoms with Gasteiger partial charge in [-0.25, -0.2) is 4.98 Å². The van der Waals surface area contributed by atoms with E-state index >= 15 is 0 Å². The number of hydrogen-bond acceptors (Lipinski definition) is 3. The standard InChI is InChI=1S/C22H21BrN2O2/c23-16-8-6-7-15(13-16)20-14-24-22(27-20)19-12-5-4-11-18(19)21(26)25-17-9-2-1-3-10-17/h4-8,11-14,17H,1-3,9-10H2,(H,25,26). The molecule has 1 aliphatic carbocycles. The maximum Gasteiger partial charge on any atom is 0.252 e. The summed E-state index contributed by atoms with van der Waals surface area (Å²) in [6.45, 7) is 0. The van der Waals surface area contributed by atoms with Crippen molar-refractivity contribution >= 4 is 21.8 Å². The Morgan fingerprint density at radius 1 is 1.07 bits per heavy atom. The molecule has 3 aromatic rings. The van der Waals surface area contributed by atoms with Crippen molar-refractivity contribution in [3.8, 4) is 22.8 Å². The topological polar surface area (TPSA) is 55.1 Å². The van der Waals surface area contributed by atoms with Crippen LogP contribution in [0, 0.1) is 0 Å². The number of amides is 1. The molecule has 4 rings (SSSR count). The molecule has 1 N–H and O–H groups in total. The molecule has 0 aliphatic heterocycles. The van der Waals surface area contributed by atoms with Gasteiger partial charge in [-0.3, -0.25) is 4.79 Å². The summed E-state index contributed by atoms with van der Waals surface area (Å²) in [5, 5.41) is 3.18. The second-order valence-electron chi connectivity index (χ2n) is 6.89. The molecule has 2 aromatic carbocycles. The molecular weight excluding hydrogens is 404 g/mol. The first kappa shape index (κ1) is 18.0. The number of nitrogens with one attached hydrogen (secondary N) is 1. The third kappa shape index (κ3) is 4.14. The lowest BCUT2D eigenvalue weighted by molar-refractivity contribution is 0.0928. The fourth-order valence-electron chi connectivity index (χ4n) is 3.55. The molecule has 1 heterocycles. The Hall–Kier alpha value is -2.40. The SMILES string of the molecule is O=C(NC1CCCCC1)c1ccccc1-c1ncc(-c2cccc(Br)c2)o1. The molecule has 4 nitrogen and oxygen atoms in total. The maximum absolute atomic E-state index is 12.8. The van der Waals surface area contributed by atoms with Crippen LogP contribution in [-0.4, -0.2) is 16.9 Å². The van der Waals surface area contributed by atoms with Crippen LogP contribution in [0.3, 0.4) is 0 Å². The Kier molecular flexibility index (Phi) is 5.39. The Morgan fingerprint density at radius 3 is 2.70 bits per heavy atom. The zero-order valence-electron chi connectivity index (χ0n) is 15.0. The van der Waals surface area contributed by atoms with E-state index in [2.05, 4.69) is 26.2 Å². The molecular formula is C22H21BrN2O2. The number of carbonyl (C=O) groups excluding carboxylic acids is 1. The number of oxazole rings is 1. The van der Waals surface area contributed by atoms with Gasteiger partial charge in [0.15, 0.2) is 5.76 Å². The van der Waals surface area contributed by atoms with Crippen molar-refractivity contribution in [3.05, 3.63) is 64.8 Å². The molecule has 0 saturated heterocycles. The number of rotatable bonds is 4. The minimum atomic E-state index is -0.0558. The van der Waals surface area contributed by atoms with Crippen LogP contribution < -0.4 is 5.32 Å². The van der Waals surface area contributed by atoms with Gasteiger partial charge < -0.3 is 9.73 Å². The summed E-state index contributed by atoms with van der Waals surface area (Å²) in [4.78, 5) is 17.3. The van der Waals surface area contributed by atoms with E-state index in [0.29, 0.717) is 22.8 Å². The number of aromatic nitrogens is 1. The first-order valence-corrected chi connectivity index (χ1v) is 10.1. The van der Waals surface area contributed by atoms with Crippen LogP contribution >= 0.6 is 15.9 Å². The van der Waals surface area contributed by atoms with Gasteiger partial charge >= 0.3 is 0 Å². The summed E-state index contributed by atoms with van der Waals surface area (Å²) in [5.41, 5.74) is 2.25. The molecule has 5 heteroatoms. The molecule has 1 fully saturated rings. The average Bonchev–Trinajstić information content (AvgIpc) is 3.19. The summed E-state index contributed by atoms with van der Waals surface area (Å²) in [6.07, 6.45) is 7.44. The fraction of sp³-hybridized carbons (Fsp3) is 0.273. The summed E-state index contributed by atoms with van der Waals surface area (Å²) in [6, 6.07) is 15.6. The zero-order valence-corrected chi connectivity index (χ0v) is 16.5. The molecule has 1 aliphatic rings. The summed E-state index contributed by atoms with van der Waals surface area (Å²) < 4.78 is 6.96. The Morgan fingerprint density at radius 2 is 1.89 bits per heavy atom. The van der Waals surface area contributed by atoms with Gasteiger partial charge in [0.1, 0.15) is 0 Å². The van der Waals surface area contributed by atoms with Crippen LogP contribution in [0.1, 0.15) is 42.5 Å². The quantitative estimate of drug-likeness (QED) is 0.572. The largest absolute Gasteiger partial charge is 0.436 e. The van der Waals surface area contributed by atoms with Crippen LogP contribution in [-0.2, 0) is 0 Å². The maximum atomic E-state index is 12.8. The second-order valence-corrected chi connectivity index (χ2v) is 7.81. The molecule has 1 amide bonds. The van der Waals surface area contributed by atoms with Crippen molar-refractivity contribution in [2.75, 3.05) is 0 Å². The minimum absolute atomic E-state index is 0.0558. The normalized spacial score (nSPS) is 14.9. The van der Waals surface area contributed by atoms with Gasteiger partial charge in [-0.2, -0.15) is 0 Å². The van der Waals surface area contributed by atoms with Crippen molar-refractivity contribution in [1.82, 2.24) is 10.3 Å². The molecule has 27 heavy (non-hydrogen) atoms. The van der Waals surface area contributed by atoms with Crippen LogP contribution in [0.25, 0.3) is 22.8 Å².